The van der Waals surface area contributed by atoms with E-state index in [1.807, 2.05) is 11.3 Å². The fraction of sp³-hybridized carbons (Fsp3) is 0.667. The van der Waals surface area contributed by atoms with Crippen LogP contribution in [-0.2, 0) is 0 Å². The van der Waals surface area contributed by atoms with Gasteiger partial charge in [-0.3, -0.25) is 0 Å². The zero-order chi connectivity index (χ0) is 10.7. The highest BCUT2D eigenvalue weighted by Crippen LogP contribution is 2.29. The molecule has 1 atom stereocenters. The molecule has 0 bridgehead atoms. The Morgan fingerprint density at radius 1 is 1.60 bits per heavy atom. The van der Waals surface area contributed by atoms with Crippen molar-refractivity contribution in [1.82, 2.24) is 5.32 Å². The monoisotopic (exact) mass is 287 g/mol. The van der Waals surface area contributed by atoms with Gasteiger partial charge in [0.15, 0.2) is 0 Å². The highest BCUT2D eigenvalue weighted by molar-refractivity contribution is 9.10. The summed E-state index contributed by atoms with van der Waals surface area (Å²) < 4.78 is 1.20. The Kier molecular flexibility index (Phi) is 4.23. The van der Waals surface area contributed by atoms with E-state index in [0.717, 1.165) is 5.92 Å². The van der Waals surface area contributed by atoms with Crippen molar-refractivity contribution in [3.8, 4) is 0 Å². The van der Waals surface area contributed by atoms with Gasteiger partial charge in [-0.25, -0.2) is 0 Å². The Balaban J connectivity index is 1.69. The molecule has 1 N–H and O–H groups in total. The van der Waals surface area contributed by atoms with Gasteiger partial charge in [-0.2, -0.15) is 0 Å². The minimum absolute atomic E-state index is 0.501. The molecule has 0 spiro atoms. The van der Waals surface area contributed by atoms with E-state index < -0.39 is 0 Å². The van der Waals surface area contributed by atoms with E-state index in [9.17, 15) is 0 Å². The quantitative estimate of drug-likeness (QED) is 0.849. The van der Waals surface area contributed by atoms with Crippen LogP contribution in [0.25, 0.3) is 0 Å². The largest absolute Gasteiger partial charge is 0.309 e. The first-order valence-electron chi connectivity index (χ1n) is 5.73. The van der Waals surface area contributed by atoms with Crippen LogP contribution in [0, 0.1) is 5.92 Å². The molecule has 1 nitrogen and oxygen atoms in total. The minimum atomic E-state index is 0.501. The molecule has 0 aliphatic heterocycles. The van der Waals surface area contributed by atoms with Gasteiger partial charge in [0.25, 0.3) is 0 Å². The van der Waals surface area contributed by atoms with Gasteiger partial charge in [-0.05, 0) is 47.8 Å². The summed E-state index contributed by atoms with van der Waals surface area (Å²) >= 11 is 5.32. The van der Waals surface area contributed by atoms with Gasteiger partial charge in [-0.1, -0.05) is 19.3 Å². The molecule has 1 aromatic rings. The molecule has 1 heterocycles. The SMILES string of the molecule is CC(NCCC1CCC1)c1cc(Br)cs1. The normalized spacial score (nSPS) is 18.8. The van der Waals surface area contributed by atoms with Crippen molar-refractivity contribution in [2.24, 2.45) is 5.92 Å². The number of hydrogen-bond donors (Lipinski definition) is 1. The number of thiophene rings is 1. The number of nitrogens with one attached hydrogen (secondary N) is 1. The van der Waals surface area contributed by atoms with Gasteiger partial charge in [0, 0.05) is 20.8 Å². The van der Waals surface area contributed by atoms with Crippen LogP contribution >= 0.6 is 27.3 Å². The lowest BCUT2D eigenvalue weighted by atomic mass is 9.83. The second-order valence-corrected chi connectivity index (χ2v) is 6.29. The third-order valence-corrected chi connectivity index (χ3v) is 5.12. The summed E-state index contributed by atoms with van der Waals surface area (Å²) in [6.07, 6.45) is 5.73. The van der Waals surface area contributed by atoms with E-state index in [4.69, 9.17) is 0 Å². The van der Waals surface area contributed by atoms with Crippen molar-refractivity contribution in [1.29, 1.82) is 0 Å². The Morgan fingerprint density at radius 3 is 2.93 bits per heavy atom. The predicted molar refractivity (Wildman–Crippen MR) is 70.4 cm³/mol. The minimum Gasteiger partial charge on any atom is -0.309 e. The lowest BCUT2D eigenvalue weighted by Crippen LogP contribution is -2.23. The highest BCUT2D eigenvalue weighted by atomic mass is 79.9. The third kappa shape index (κ3) is 3.30. The standard InChI is InChI=1S/C12H18BrNS/c1-9(12-7-11(13)8-15-12)14-6-5-10-3-2-4-10/h7-10,14H,2-6H2,1H3. The molecule has 0 saturated heterocycles. The maximum atomic E-state index is 3.60. The molecule has 1 unspecified atom stereocenters. The molecule has 15 heavy (non-hydrogen) atoms. The molecule has 1 aromatic heterocycles. The van der Waals surface area contributed by atoms with Gasteiger partial charge >= 0.3 is 0 Å². The molecule has 2 rings (SSSR count). The molecule has 0 radical (unpaired) electrons. The lowest BCUT2D eigenvalue weighted by molar-refractivity contribution is 0.289. The van der Waals surface area contributed by atoms with Crippen LogP contribution in [0.3, 0.4) is 0 Å². The Labute approximate surface area is 104 Å². The summed E-state index contributed by atoms with van der Waals surface area (Å²) in [5.74, 6) is 1.01. The summed E-state index contributed by atoms with van der Waals surface area (Å²) in [7, 11) is 0. The second kappa shape index (κ2) is 5.46. The summed E-state index contributed by atoms with van der Waals surface area (Å²) in [6, 6.07) is 2.72. The Bertz CT molecular complexity index is 306. The van der Waals surface area contributed by atoms with Crippen molar-refractivity contribution in [2.75, 3.05) is 6.54 Å². The van der Waals surface area contributed by atoms with Crippen LogP contribution in [0.2, 0.25) is 0 Å². The zero-order valence-corrected chi connectivity index (χ0v) is 11.5. The van der Waals surface area contributed by atoms with Crippen molar-refractivity contribution in [3.63, 3.8) is 0 Å². The molecular formula is C12H18BrNS. The van der Waals surface area contributed by atoms with Gasteiger partial charge in [0.05, 0.1) is 0 Å². The summed E-state index contributed by atoms with van der Waals surface area (Å²) in [4.78, 5) is 1.43. The molecule has 1 fully saturated rings. The van der Waals surface area contributed by atoms with Crippen LogP contribution in [-0.4, -0.2) is 6.54 Å². The van der Waals surface area contributed by atoms with Gasteiger partial charge < -0.3 is 5.32 Å². The second-order valence-electron chi connectivity index (χ2n) is 4.43. The van der Waals surface area contributed by atoms with Crippen molar-refractivity contribution in [3.05, 3.63) is 20.8 Å². The van der Waals surface area contributed by atoms with Crippen LogP contribution in [0.4, 0.5) is 0 Å². The van der Waals surface area contributed by atoms with Crippen LogP contribution < -0.4 is 5.32 Å². The van der Waals surface area contributed by atoms with Crippen molar-refractivity contribution >= 4 is 27.3 Å². The number of hydrogen-bond acceptors (Lipinski definition) is 2. The summed E-state index contributed by atoms with van der Waals surface area (Å²) in [5.41, 5.74) is 0. The Morgan fingerprint density at radius 2 is 2.40 bits per heavy atom. The molecule has 3 heteroatoms. The first kappa shape index (κ1) is 11.6. The molecule has 1 aliphatic carbocycles. The van der Waals surface area contributed by atoms with E-state index in [-0.39, 0.29) is 0 Å². The van der Waals surface area contributed by atoms with E-state index in [2.05, 4.69) is 39.6 Å². The van der Waals surface area contributed by atoms with E-state index in [1.54, 1.807) is 0 Å². The zero-order valence-electron chi connectivity index (χ0n) is 9.13. The molecular weight excluding hydrogens is 270 g/mol. The first-order valence-corrected chi connectivity index (χ1v) is 7.40. The molecule has 0 aromatic carbocycles. The molecule has 1 aliphatic rings. The van der Waals surface area contributed by atoms with Gasteiger partial charge in [0.2, 0.25) is 0 Å². The molecule has 84 valence electrons. The fourth-order valence-electron chi connectivity index (χ4n) is 1.94. The maximum absolute atomic E-state index is 3.60. The third-order valence-electron chi connectivity index (χ3n) is 3.24. The summed E-state index contributed by atoms with van der Waals surface area (Å²) in [5, 5.41) is 5.75. The first-order chi connectivity index (χ1) is 7.25. The van der Waals surface area contributed by atoms with Crippen molar-refractivity contribution < 1.29 is 0 Å². The maximum Gasteiger partial charge on any atom is 0.0386 e. The number of rotatable bonds is 5. The van der Waals surface area contributed by atoms with Crippen molar-refractivity contribution in [2.45, 2.75) is 38.6 Å². The van der Waals surface area contributed by atoms with E-state index in [1.165, 1.54) is 41.6 Å². The Hall–Kier alpha value is 0.140. The van der Waals surface area contributed by atoms with Gasteiger partial charge in [0.1, 0.15) is 0 Å². The van der Waals surface area contributed by atoms with Crippen LogP contribution in [0.1, 0.15) is 43.5 Å². The fourth-order valence-corrected chi connectivity index (χ4v) is 3.42. The topological polar surface area (TPSA) is 12.0 Å². The predicted octanol–water partition coefficient (Wildman–Crippen LogP) is 4.35. The number of halogens is 1. The molecule has 0 amide bonds. The smallest absolute Gasteiger partial charge is 0.0386 e. The van der Waals surface area contributed by atoms with Crippen LogP contribution in [0.15, 0.2) is 15.9 Å². The average molecular weight is 288 g/mol. The lowest BCUT2D eigenvalue weighted by Gasteiger charge is -2.25. The highest BCUT2D eigenvalue weighted by Gasteiger charge is 2.17. The van der Waals surface area contributed by atoms with E-state index >= 15 is 0 Å². The van der Waals surface area contributed by atoms with E-state index in [0.29, 0.717) is 6.04 Å². The average Bonchev–Trinajstić information content (AvgIpc) is 2.56. The molecule has 1 saturated carbocycles. The van der Waals surface area contributed by atoms with Gasteiger partial charge in [-0.15, -0.1) is 11.3 Å². The van der Waals surface area contributed by atoms with Crippen LogP contribution in [0.5, 0.6) is 0 Å². The summed E-state index contributed by atoms with van der Waals surface area (Å²) in [6.45, 7) is 3.42.